The summed E-state index contributed by atoms with van der Waals surface area (Å²) in [4.78, 5) is 18.6. The van der Waals surface area contributed by atoms with Gasteiger partial charge in [-0.3, -0.25) is 4.79 Å². The summed E-state index contributed by atoms with van der Waals surface area (Å²) >= 11 is 1.21. The maximum Gasteiger partial charge on any atom is 0.316 e. The SMILES string of the molecule is COC(=O)CSc1nc2c(c(-c3cc(OC)c(OC)c(OC)c3)c1C#N)CN(C)CC2. The number of ether oxygens (including phenoxy) is 4. The van der Waals surface area contributed by atoms with Crippen LogP contribution in [0.15, 0.2) is 17.2 Å². The number of rotatable bonds is 7. The molecule has 2 heterocycles. The van der Waals surface area contributed by atoms with Crippen LogP contribution < -0.4 is 14.2 Å². The minimum absolute atomic E-state index is 0.0750. The molecule has 0 radical (unpaired) electrons. The maximum absolute atomic E-state index is 11.7. The Hall–Kier alpha value is -2.96. The second-order valence-corrected chi connectivity index (χ2v) is 7.93. The van der Waals surface area contributed by atoms with E-state index in [2.05, 4.69) is 11.0 Å². The topological polar surface area (TPSA) is 93.9 Å². The van der Waals surface area contributed by atoms with Crippen molar-refractivity contribution in [2.75, 3.05) is 47.8 Å². The monoisotopic (exact) mass is 443 g/mol. The van der Waals surface area contributed by atoms with Gasteiger partial charge in [0.15, 0.2) is 11.5 Å². The summed E-state index contributed by atoms with van der Waals surface area (Å²) in [5.74, 6) is 1.18. The molecular formula is C22H25N3O5S. The molecule has 3 rings (SSSR count). The molecule has 0 aliphatic carbocycles. The van der Waals surface area contributed by atoms with Crippen molar-refractivity contribution >= 4 is 17.7 Å². The number of methoxy groups -OCH3 is 4. The Labute approximate surface area is 186 Å². The van der Waals surface area contributed by atoms with Crippen LogP contribution in [0.4, 0.5) is 0 Å². The summed E-state index contributed by atoms with van der Waals surface area (Å²) in [7, 11) is 8.03. The van der Waals surface area contributed by atoms with Gasteiger partial charge in [-0.15, -0.1) is 0 Å². The molecule has 9 heteroatoms. The van der Waals surface area contributed by atoms with Gasteiger partial charge in [0.25, 0.3) is 0 Å². The van der Waals surface area contributed by atoms with E-state index in [9.17, 15) is 10.1 Å². The van der Waals surface area contributed by atoms with E-state index in [0.717, 1.165) is 35.3 Å². The van der Waals surface area contributed by atoms with Gasteiger partial charge in [-0.25, -0.2) is 4.98 Å². The Balaban J connectivity index is 2.27. The highest BCUT2D eigenvalue weighted by Crippen LogP contribution is 2.44. The number of carbonyl (C=O) groups is 1. The number of hydrogen-bond donors (Lipinski definition) is 0. The fraction of sp³-hybridized carbons (Fsp3) is 0.409. The predicted molar refractivity (Wildman–Crippen MR) is 117 cm³/mol. The zero-order valence-corrected chi connectivity index (χ0v) is 19.1. The molecule has 164 valence electrons. The number of nitrogens with zero attached hydrogens (tertiary/aromatic N) is 3. The van der Waals surface area contributed by atoms with Crippen molar-refractivity contribution in [1.29, 1.82) is 5.26 Å². The first kappa shape index (κ1) is 22.7. The summed E-state index contributed by atoms with van der Waals surface area (Å²) < 4.78 is 21.2. The van der Waals surface area contributed by atoms with Crippen LogP contribution in [0, 0.1) is 11.3 Å². The van der Waals surface area contributed by atoms with Gasteiger partial charge in [0.1, 0.15) is 11.1 Å². The number of carbonyl (C=O) groups excluding carboxylic acids is 1. The van der Waals surface area contributed by atoms with Gasteiger partial charge >= 0.3 is 5.97 Å². The van der Waals surface area contributed by atoms with Crippen LogP contribution in [0.25, 0.3) is 11.1 Å². The molecule has 0 saturated carbocycles. The van der Waals surface area contributed by atoms with Crippen LogP contribution in [0.2, 0.25) is 0 Å². The van der Waals surface area contributed by atoms with Crippen molar-refractivity contribution in [3.63, 3.8) is 0 Å². The molecule has 0 amide bonds. The van der Waals surface area contributed by atoms with E-state index in [-0.39, 0.29) is 11.7 Å². The Bertz CT molecular complexity index is 1010. The van der Waals surface area contributed by atoms with Crippen molar-refractivity contribution in [2.24, 2.45) is 0 Å². The highest BCUT2D eigenvalue weighted by Gasteiger charge is 2.27. The van der Waals surface area contributed by atoms with Gasteiger partial charge in [0.2, 0.25) is 5.75 Å². The fourth-order valence-corrected chi connectivity index (χ4v) is 4.45. The van der Waals surface area contributed by atoms with E-state index in [0.29, 0.717) is 34.4 Å². The minimum atomic E-state index is -0.373. The predicted octanol–water partition coefficient (Wildman–Crippen LogP) is 2.90. The van der Waals surface area contributed by atoms with Crippen LogP contribution in [0.5, 0.6) is 17.2 Å². The average molecular weight is 444 g/mol. The van der Waals surface area contributed by atoms with Gasteiger partial charge in [-0.2, -0.15) is 5.26 Å². The van der Waals surface area contributed by atoms with Gasteiger partial charge < -0.3 is 23.8 Å². The van der Waals surface area contributed by atoms with Crippen LogP contribution in [-0.2, 0) is 22.5 Å². The molecule has 8 nitrogen and oxygen atoms in total. The van der Waals surface area contributed by atoms with E-state index < -0.39 is 0 Å². The zero-order valence-electron chi connectivity index (χ0n) is 18.3. The van der Waals surface area contributed by atoms with Crippen molar-refractivity contribution in [3.8, 4) is 34.4 Å². The number of thioether (sulfide) groups is 1. The van der Waals surface area contributed by atoms with Crippen molar-refractivity contribution < 1.29 is 23.7 Å². The van der Waals surface area contributed by atoms with Gasteiger partial charge in [-0.05, 0) is 30.3 Å². The number of benzene rings is 1. The minimum Gasteiger partial charge on any atom is -0.493 e. The quantitative estimate of drug-likeness (QED) is 0.473. The van der Waals surface area contributed by atoms with Gasteiger partial charge in [0, 0.05) is 30.8 Å². The van der Waals surface area contributed by atoms with E-state index in [1.165, 1.54) is 18.9 Å². The summed E-state index contributed by atoms with van der Waals surface area (Å²) in [5.41, 5.74) is 3.86. The Morgan fingerprint density at radius 1 is 1.19 bits per heavy atom. The Morgan fingerprint density at radius 2 is 1.87 bits per heavy atom. The lowest BCUT2D eigenvalue weighted by Crippen LogP contribution is -2.28. The maximum atomic E-state index is 11.7. The second kappa shape index (κ2) is 9.90. The number of pyridine rings is 1. The smallest absolute Gasteiger partial charge is 0.316 e. The van der Waals surface area contributed by atoms with Crippen LogP contribution in [0.1, 0.15) is 16.8 Å². The lowest BCUT2D eigenvalue weighted by Gasteiger charge is -2.28. The van der Waals surface area contributed by atoms with Crippen LogP contribution in [-0.4, -0.2) is 63.6 Å². The molecule has 1 aliphatic rings. The molecule has 0 spiro atoms. The lowest BCUT2D eigenvalue weighted by molar-refractivity contribution is -0.137. The number of likely N-dealkylation sites (N-methyl/N-ethyl adjacent to an activating group) is 1. The molecule has 1 aromatic carbocycles. The van der Waals surface area contributed by atoms with E-state index in [1.54, 1.807) is 21.3 Å². The molecule has 0 atom stereocenters. The summed E-state index contributed by atoms with van der Waals surface area (Å²) in [5, 5.41) is 10.6. The van der Waals surface area contributed by atoms with Crippen molar-refractivity contribution in [1.82, 2.24) is 9.88 Å². The number of aromatic nitrogens is 1. The summed E-state index contributed by atoms with van der Waals surface area (Å²) in [6.45, 7) is 1.52. The van der Waals surface area contributed by atoms with E-state index in [4.69, 9.17) is 23.9 Å². The molecule has 0 fully saturated rings. The molecule has 0 bridgehead atoms. The highest BCUT2D eigenvalue weighted by molar-refractivity contribution is 7.99. The number of nitriles is 1. The second-order valence-electron chi connectivity index (χ2n) is 6.97. The third-order valence-electron chi connectivity index (χ3n) is 5.13. The average Bonchev–Trinajstić information content (AvgIpc) is 2.80. The first-order valence-electron chi connectivity index (χ1n) is 9.61. The Morgan fingerprint density at radius 3 is 2.42 bits per heavy atom. The Kier molecular flexibility index (Phi) is 7.25. The number of hydrogen-bond acceptors (Lipinski definition) is 9. The summed E-state index contributed by atoms with van der Waals surface area (Å²) in [6.07, 6.45) is 0.751. The molecule has 1 aliphatic heterocycles. The highest BCUT2D eigenvalue weighted by atomic mass is 32.2. The van der Waals surface area contributed by atoms with Crippen molar-refractivity contribution in [2.45, 2.75) is 18.0 Å². The van der Waals surface area contributed by atoms with Crippen LogP contribution >= 0.6 is 11.8 Å². The molecule has 0 unspecified atom stereocenters. The molecule has 2 aromatic rings. The largest absolute Gasteiger partial charge is 0.493 e. The fourth-order valence-electron chi connectivity index (χ4n) is 3.61. The normalized spacial score (nSPS) is 13.2. The summed E-state index contributed by atoms with van der Waals surface area (Å²) in [6, 6.07) is 5.98. The first-order chi connectivity index (χ1) is 15.0. The number of esters is 1. The third kappa shape index (κ3) is 4.55. The zero-order chi connectivity index (χ0) is 22.5. The third-order valence-corrected chi connectivity index (χ3v) is 6.08. The standard InChI is InChI=1S/C22H25N3O5S/c1-25-7-6-16-15(11-25)20(14(10-23)22(24-16)31-12-19(26)29-4)13-8-17(27-2)21(30-5)18(9-13)28-3/h8-9H,6-7,11-12H2,1-5H3. The molecule has 0 saturated heterocycles. The van der Waals surface area contributed by atoms with Gasteiger partial charge in [0.05, 0.1) is 39.8 Å². The van der Waals surface area contributed by atoms with E-state index in [1.807, 2.05) is 19.2 Å². The molecule has 31 heavy (non-hydrogen) atoms. The molecule has 1 aromatic heterocycles. The lowest BCUT2D eigenvalue weighted by atomic mass is 9.91. The molecule has 0 N–H and O–H groups in total. The first-order valence-corrected chi connectivity index (χ1v) is 10.6. The van der Waals surface area contributed by atoms with Gasteiger partial charge in [-0.1, -0.05) is 11.8 Å². The van der Waals surface area contributed by atoms with Crippen LogP contribution in [0.3, 0.4) is 0 Å². The molecular weight excluding hydrogens is 418 g/mol. The number of fused-ring (bicyclic) bond motifs is 1. The van der Waals surface area contributed by atoms with E-state index >= 15 is 0 Å². The van der Waals surface area contributed by atoms with Crippen molar-refractivity contribution in [3.05, 3.63) is 29.0 Å².